The molecule has 6 heteroatoms. The van der Waals surface area contributed by atoms with Gasteiger partial charge in [-0.25, -0.2) is 4.79 Å². The second kappa shape index (κ2) is 6.62. The van der Waals surface area contributed by atoms with Crippen molar-refractivity contribution < 1.29 is 14.7 Å². The van der Waals surface area contributed by atoms with Gasteiger partial charge in [0.1, 0.15) is 6.04 Å². The van der Waals surface area contributed by atoms with Gasteiger partial charge in [-0.05, 0) is 23.4 Å². The van der Waals surface area contributed by atoms with Gasteiger partial charge in [-0.15, -0.1) is 0 Å². The number of fused-ring (bicyclic) bond motifs is 1. The minimum Gasteiger partial charge on any atom is -0.480 e. The quantitative estimate of drug-likeness (QED) is 0.644. The third kappa shape index (κ3) is 3.65. The lowest BCUT2D eigenvalue weighted by Crippen LogP contribution is -2.51. The molecule has 0 aliphatic rings. The zero-order chi connectivity index (χ0) is 16.3. The van der Waals surface area contributed by atoms with Crippen LogP contribution in [0.15, 0.2) is 30.3 Å². The zero-order valence-electron chi connectivity index (χ0n) is 12.7. The molecule has 0 radical (unpaired) electrons. The van der Waals surface area contributed by atoms with Crippen LogP contribution in [0.4, 0.5) is 0 Å². The number of rotatable bonds is 6. The lowest BCUT2D eigenvalue weighted by atomic mass is 10.0. The Morgan fingerprint density at radius 1 is 1.32 bits per heavy atom. The fourth-order valence-electron chi connectivity index (χ4n) is 2.23. The first kappa shape index (κ1) is 16.0. The highest BCUT2D eigenvalue weighted by molar-refractivity contribution is 5.87. The van der Waals surface area contributed by atoms with Crippen LogP contribution in [0.1, 0.15) is 19.5 Å². The number of para-hydroxylation sites is 1. The number of carboxylic acid groups (broad SMARTS) is 1. The van der Waals surface area contributed by atoms with Crippen molar-refractivity contribution in [2.45, 2.75) is 32.4 Å². The van der Waals surface area contributed by atoms with Gasteiger partial charge in [0.05, 0.1) is 6.04 Å². The number of hydrogen-bond acceptors (Lipinski definition) is 3. The van der Waals surface area contributed by atoms with Gasteiger partial charge >= 0.3 is 5.97 Å². The molecular formula is C16H21N3O3. The van der Waals surface area contributed by atoms with Crippen molar-refractivity contribution in [3.63, 3.8) is 0 Å². The Kier molecular flexibility index (Phi) is 4.82. The number of carbonyl (C=O) groups excluding carboxylic acids is 1. The molecule has 118 valence electrons. The molecule has 2 rings (SSSR count). The van der Waals surface area contributed by atoms with Crippen LogP contribution in [-0.4, -0.2) is 34.1 Å². The summed E-state index contributed by atoms with van der Waals surface area (Å²) in [5, 5.41) is 12.8. The van der Waals surface area contributed by atoms with E-state index in [2.05, 4.69) is 10.3 Å². The molecule has 5 N–H and O–H groups in total. The van der Waals surface area contributed by atoms with E-state index in [-0.39, 0.29) is 12.3 Å². The van der Waals surface area contributed by atoms with Crippen molar-refractivity contribution in [2.24, 2.45) is 11.7 Å². The summed E-state index contributed by atoms with van der Waals surface area (Å²) < 4.78 is 0. The SMILES string of the molecule is CC(C)[C@@H](N)C(=O)N[C@H](Cc1cc2ccccc2[nH]1)C(=O)O. The number of hydrogen-bond donors (Lipinski definition) is 4. The van der Waals surface area contributed by atoms with Crippen LogP contribution in [-0.2, 0) is 16.0 Å². The van der Waals surface area contributed by atoms with Crippen molar-refractivity contribution in [3.8, 4) is 0 Å². The molecule has 0 unspecified atom stereocenters. The summed E-state index contributed by atoms with van der Waals surface area (Å²) in [7, 11) is 0. The molecule has 1 heterocycles. The second-order valence-corrected chi connectivity index (χ2v) is 5.76. The Morgan fingerprint density at radius 3 is 2.59 bits per heavy atom. The molecule has 1 aromatic heterocycles. The lowest BCUT2D eigenvalue weighted by Gasteiger charge is -2.19. The Bertz CT molecular complexity index is 645. The third-order valence-corrected chi connectivity index (χ3v) is 3.65. The van der Waals surface area contributed by atoms with Crippen molar-refractivity contribution >= 4 is 22.8 Å². The summed E-state index contributed by atoms with van der Waals surface area (Å²) in [6.07, 6.45) is 0.181. The van der Waals surface area contributed by atoms with E-state index in [4.69, 9.17) is 5.73 Å². The van der Waals surface area contributed by atoms with Crippen LogP contribution in [0.2, 0.25) is 0 Å². The summed E-state index contributed by atoms with van der Waals surface area (Å²) in [6, 6.07) is 7.84. The maximum atomic E-state index is 12.0. The summed E-state index contributed by atoms with van der Waals surface area (Å²) in [6.45, 7) is 3.63. The zero-order valence-corrected chi connectivity index (χ0v) is 12.7. The van der Waals surface area contributed by atoms with Crippen LogP contribution in [0, 0.1) is 5.92 Å². The van der Waals surface area contributed by atoms with Crippen molar-refractivity contribution in [3.05, 3.63) is 36.0 Å². The van der Waals surface area contributed by atoms with Gasteiger partial charge in [0, 0.05) is 17.6 Å². The summed E-state index contributed by atoms with van der Waals surface area (Å²) >= 11 is 0. The number of benzene rings is 1. The average molecular weight is 303 g/mol. The molecule has 0 saturated carbocycles. The van der Waals surface area contributed by atoms with Crippen LogP contribution in [0.25, 0.3) is 10.9 Å². The van der Waals surface area contributed by atoms with E-state index in [0.717, 1.165) is 16.6 Å². The fourth-order valence-corrected chi connectivity index (χ4v) is 2.23. The van der Waals surface area contributed by atoms with Gasteiger partial charge < -0.3 is 21.1 Å². The number of nitrogens with one attached hydrogen (secondary N) is 2. The normalized spacial score (nSPS) is 14.0. The minimum absolute atomic E-state index is 0.0532. The minimum atomic E-state index is -1.08. The molecule has 0 aliphatic carbocycles. The van der Waals surface area contributed by atoms with E-state index in [1.54, 1.807) is 0 Å². The van der Waals surface area contributed by atoms with E-state index in [1.807, 2.05) is 44.2 Å². The van der Waals surface area contributed by atoms with Gasteiger partial charge in [-0.3, -0.25) is 4.79 Å². The van der Waals surface area contributed by atoms with E-state index >= 15 is 0 Å². The van der Waals surface area contributed by atoms with Crippen molar-refractivity contribution in [1.82, 2.24) is 10.3 Å². The largest absolute Gasteiger partial charge is 0.480 e. The van der Waals surface area contributed by atoms with Gasteiger partial charge in [0.15, 0.2) is 0 Å². The van der Waals surface area contributed by atoms with E-state index in [0.29, 0.717) is 0 Å². The monoisotopic (exact) mass is 303 g/mol. The maximum absolute atomic E-state index is 12.0. The molecule has 0 aliphatic heterocycles. The number of aromatic nitrogens is 1. The highest BCUT2D eigenvalue weighted by atomic mass is 16.4. The molecule has 1 aromatic carbocycles. The smallest absolute Gasteiger partial charge is 0.326 e. The summed E-state index contributed by atoms with van der Waals surface area (Å²) in [5.41, 5.74) is 7.44. The molecule has 6 nitrogen and oxygen atoms in total. The first-order chi connectivity index (χ1) is 10.4. The molecule has 0 bridgehead atoms. The number of carboxylic acids is 1. The molecule has 2 aromatic rings. The summed E-state index contributed by atoms with van der Waals surface area (Å²) in [5.74, 6) is -1.58. The Hall–Kier alpha value is -2.34. The van der Waals surface area contributed by atoms with Crippen LogP contribution in [0.3, 0.4) is 0 Å². The number of aromatic amines is 1. The van der Waals surface area contributed by atoms with Crippen LogP contribution >= 0.6 is 0 Å². The Balaban J connectivity index is 2.11. The maximum Gasteiger partial charge on any atom is 0.326 e. The van der Waals surface area contributed by atoms with Gasteiger partial charge in [-0.2, -0.15) is 0 Å². The van der Waals surface area contributed by atoms with E-state index in [1.165, 1.54) is 0 Å². The van der Waals surface area contributed by atoms with Gasteiger partial charge in [-0.1, -0.05) is 32.0 Å². The predicted octanol–water partition coefficient (Wildman–Crippen LogP) is 1.26. The first-order valence-electron chi connectivity index (χ1n) is 7.24. The summed E-state index contributed by atoms with van der Waals surface area (Å²) in [4.78, 5) is 26.5. The van der Waals surface area contributed by atoms with Crippen LogP contribution < -0.4 is 11.1 Å². The Labute approximate surface area is 128 Å². The highest BCUT2D eigenvalue weighted by Crippen LogP contribution is 2.16. The van der Waals surface area contributed by atoms with Gasteiger partial charge in [0.25, 0.3) is 0 Å². The highest BCUT2D eigenvalue weighted by Gasteiger charge is 2.25. The molecule has 0 fully saturated rings. The fraction of sp³-hybridized carbons (Fsp3) is 0.375. The number of nitrogens with two attached hydrogens (primary N) is 1. The number of aliphatic carboxylic acids is 1. The number of carbonyl (C=O) groups is 2. The molecule has 22 heavy (non-hydrogen) atoms. The van der Waals surface area contributed by atoms with Crippen molar-refractivity contribution in [1.29, 1.82) is 0 Å². The second-order valence-electron chi connectivity index (χ2n) is 5.76. The first-order valence-corrected chi connectivity index (χ1v) is 7.24. The standard InChI is InChI=1S/C16H21N3O3/c1-9(2)14(17)15(20)19-13(16(21)22)8-11-7-10-5-3-4-6-12(10)18-11/h3-7,9,13-14,18H,8,17H2,1-2H3,(H,19,20)(H,21,22)/t13-,14-/m1/s1. The molecule has 0 spiro atoms. The van der Waals surface area contributed by atoms with E-state index in [9.17, 15) is 14.7 Å². The van der Waals surface area contributed by atoms with E-state index < -0.39 is 24.0 Å². The Morgan fingerprint density at radius 2 is 2.00 bits per heavy atom. The molecule has 1 amide bonds. The van der Waals surface area contributed by atoms with Crippen molar-refractivity contribution in [2.75, 3.05) is 0 Å². The lowest BCUT2D eigenvalue weighted by molar-refractivity contribution is -0.142. The average Bonchev–Trinajstić information content (AvgIpc) is 2.87. The molecule has 0 saturated heterocycles. The predicted molar refractivity (Wildman–Crippen MR) is 84.4 cm³/mol. The van der Waals surface area contributed by atoms with Crippen LogP contribution in [0.5, 0.6) is 0 Å². The molecule has 2 atom stereocenters. The topological polar surface area (TPSA) is 108 Å². The number of amides is 1. The third-order valence-electron chi connectivity index (χ3n) is 3.65. The molecular weight excluding hydrogens is 282 g/mol. The number of H-pyrrole nitrogens is 1. The van der Waals surface area contributed by atoms with Gasteiger partial charge in [0.2, 0.25) is 5.91 Å².